The lowest BCUT2D eigenvalue weighted by Crippen LogP contribution is -2.10. The van der Waals surface area contributed by atoms with Gasteiger partial charge in [-0.15, -0.1) is 0 Å². The SMILES string of the molecule is CC(C)c1ccc(-c2nccn2S(C)(=O)=O)cc1. The van der Waals surface area contributed by atoms with E-state index < -0.39 is 10.0 Å². The van der Waals surface area contributed by atoms with Crippen LogP contribution in [0.2, 0.25) is 0 Å². The van der Waals surface area contributed by atoms with Crippen LogP contribution in [0.5, 0.6) is 0 Å². The van der Waals surface area contributed by atoms with E-state index in [0.29, 0.717) is 11.7 Å². The lowest BCUT2D eigenvalue weighted by atomic mass is 10.0. The van der Waals surface area contributed by atoms with Gasteiger partial charge in [0.05, 0.1) is 6.26 Å². The first-order valence-electron chi connectivity index (χ1n) is 5.74. The molecular weight excluding hydrogens is 248 g/mol. The Morgan fingerprint density at radius 2 is 1.78 bits per heavy atom. The second-order valence-corrected chi connectivity index (χ2v) is 6.45. The fraction of sp³-hybridized carbons (Fsp3) is 0.308. The van der Waals surface area contributed by atoms with E-state index in [4.69, 9.17) is 0 Å². The highest BCUT2D eigenvalue weighted by Gasteiger charge is 2.13. The molecule has 0 bridgehead atoms. The van der Waals surface area contributed by atoms with Crippen molar-refractivity contribution in [2.45, 2.75) is 19.8 Å². The van der Waals surface area contributed by atoms with Crippen molar-refractivity contribution in [2.24, 2.45) is 0 Å². The highest BCUT2D eigenvalue weighted by atomic mass is 32.2. The largest absolute Gasteiger partial charge is 0.237 e. The Morgan fingerprint density at radius 1 is 1.17 bits per heavy atom. The van der Waals surface area contributed by atoms with Crippen molar-refractivity contribution in [1.82, 2.24) is 8.96 Å². The maximum atomic E-state index is 11.6. The molecule has 0 aliphatic carbocycles. The minimum atomic E-state index is -3.31. The van der Waals surface area contributed by atoms with Crippen LogP contribution in [0.3, 0.4) is 0 Å². The zero-order chi connectivity index (χ0) is 13.3. The molecule has 0 amide bonds. The number of nitrogens with zero attached hydrogens (tertiary/aromatic N) is 2. The summed E-state index contributed by atoms with van der Waals surface area (Å²) in [6.07, 6.45) is 4.12. The van der Waals surface area contributed by atoms with E-state index in [-0.39, 0.29) is 0 Å². The number of hydrogen-bond donors (Lipinski definition) is 0. The number of hydrogen-bond acceptors (Lipinski definition) is 3. The molecule has 0 saturated carbocycles. The Labute approximate surface area is 107 Å². The lowest BCUT2D eigenvalue weighted by Gasteiger charge is -2.08. The highest BCUT2D eigenvalue weighted by Crippen LogP contribution is 2.22. The molecule has 1 aromatic heterocycles. The molecule has 0 unspecified atom stereocenters. The molecule has 0 aliphatic rings. The molecule has 5 heteroatoms. The van der Waals surface area contributed by atoms with Gasteiger partial charge >= 0.3 is 0 Å². The fourth-order valence-electron chi connectivity index (χ4n) is 1.78. The number of imidazole rings is 1. The van der Waals surface area contributed by atoms with Crippen LogP contribution in [0.15, 0.2) is 36.7 Å². The number of aromatic nitrogens is 2. The molecule has 0 atom stereocenters. The normalized spacial score (nSPS) is 12.0. The molecule has 1 heterocycles. The second-order valence-electron chi connectivity index (χ2n) is 4.59. The number of benzene rings is 1. The summed E-state index contributed by atoms with van der Waals surface area (Å²) >= 11 is 0. The van der Waals surface area contributed by atoms with Crippen molar-refractivity contribution in [3.63, 3.8) is 0 Å². The predicted molar refractivity (Wildman–Crippen MR) is 72.0 cm³/mol. The minimum Gasteiger partial charge on any atom is -0.236 e. The van der Waals surface area contributed by atoms with Crippen LogP contribution in [0.4, 0.5) is 0 Å². The molecule has 18 heavy (non-hydrogen) atoms. The summed E-state index contributed by atoms with van der Waals surface area (Å²) in [4.78, 5) is 4.11. The summed E-state index contributed by atoms with van der Waals surface area (Å²) in [6.45, 7) is 4.24. The predicted octanol–water partition coefficient (Wildman–Crippen LogP) is 2.48. The van der Waals surface area contributed by atoms with Crippen LogP contribution in [-0.4, -0.2) is 23.6 Å². The van der Waals surface area contributed by atoms with Crippen molar-refractivity contribution in [3.8, 4) is 11.4 Å². The smallest absolute Gasteiger partial charge is 0.236 e. The first-order valence-corrected chi connectivity index (χ1v) is 7.58. The van der Waals surface area contributed by atoms with E-state index in [1.165, 1.54) is 28.2 Å². The first kappa shape index (κ1) is 12.8. The summed E-state index contributed by atoms with van der Waals surface area (Å²) in [5.74, 6) is 0.904. The summed E-state index contributed by atoms with van der Waals surface area (Å²) in [6, 6.07) is 7.81. The average molecular weight is 264 g/mol. The van der Waals surface area contributed by atoms with E-state index in [0.717, 1.165) is 5.56 Å². The third-order valence-corrected chi connectivity index (χ3v) is 3.81. The van der Waals surface area contributed by atoms with Gasteiger partial charge in [0.1, 0.15) is 0 Å². The zero-order valence-corrected chi connectivity index (χ0v) is 11.5. The van der Waals surface area contributed by atoms with Gasteiger partial charge in [0.15, 0.2) is 5.82 Å². The van der Waals surface area contributed by atoms with Gasteiger partial charge in [0, 0.05) is 18.0 Å². The molecule has 1 aromatic carbocycles. The van der Waals surface area contributed by atoms with Crippen molar-refractivity contribution in [2.75, 3.05) is 6.26 Å². The molecule has 0 aliphatic heterocycles. The molecule has 0 saturated heterocycles. The van der Waals surface area contributed by atoms with E-state index in [2.05, 4.69) is 18.8 Å². The Morgan fingerprint density at radius 3 is 2.28 bits per heavy atom. The molecule has 4 nitrogen and oxygen atoms in total. The van der Waals surface area contributed by atoms with Crippen molar-refractivity contribution in [3.05, 3.63) is 42.2 Å². The van der Waals surface area contributed by atoms with Gasteiger partial charge in [-0.1, -0.05) is 38.1 Å². The maximum absolute atomic E-state index is 11.6. The van der Waals surface area contributed by atoms with Gasteiger partial charge in [-0.3, -0.25) is 0 Å². The lowest BCUT2D eigenvalue weighted by molar-refractivity contribution is 0.594. The molecule has 0 fully saturated rings. The van der Waals surface area contributed by atoms with Crippen LogP contribution in [0, 0.1) is 0 Å². The Hall–Kier alpha value is -1.62. The van der Waals surface area contributed by atoms with Crippen LogP contribution >= 0.6 is 0 Å². The van der Waals surface area contributed by atoms with E-state index in [9.17, 15) is 8.42 Å². The number of rotatable bonds is 3. The topological polar surface area (TPSA) is 52.0 Å². The Bertz CT molecular complexity index is 640. The standard InChI is InChI=1S/C13H16N2O2S/c1-10(2)11-4-6-12(7-5-11)13-14-8-9-15(13)18(3,16)17/h4-10H,1-3H3. The van der Waals surface area contributed by atoms with Gasteiger partial charge in [0.2, 0.25) is 10.0 Å². The van der Waals surface area contributed by atoms with E-state index in [1.807, 2.05) is 24.3 Å². The van der Waals surface area contributed by atoms with Gasteiger partial charge in [-0.05, 0) is 11.5 Å². The fourth-order valence-corrected chi connectivity index (χ4v) is 2.52. The first-order chi connectivity index (χ1) is 8.39. The summed E-state index contributed by atoms with van der Waals surface area (Å²) in [7, 11) is -3.31. The minimum absolute atomic E-state index is 0.452. The summed E-state index contributed by atoms with van der Waals surface area (Å²) in [5, 5.41) is 0. The highest BCUT2D eigenvalue weighted by molar-refractivity contribution is 7.89. The molecule has 0 N–H and O–H groups in total. The van der Waals surface area contributed by atoms with Gasteiger partial charge in [-0.25, -0.2) is 17.4 Å². The van der Waals surface area contributed by atoms with E-state index >= 15 is 0 Å². The van der Waals surface area contributed by atoms with Crippen LogP contribution < -0.4 is 0 Å². The van der Waals surface area contributed by atoms with Crippen LogP contribution in [0.25, 0.3) is 11.4 Å². The van der Waals surface area contributed by atoms with Crippen molar-refractivity contribution < 1.29 is 8.42 Å². The second kappa shape index (κ2) is 4.57. The summed E-state index contributed by atoms with van der Waals surface area (Å²) < 4.78 is 24.4. The zero-order valence-electron chi connectivity index (χ0n) is 10.7. The third kappa shape index (κ3) is 2.46. The third-order valence-electron chi connectivity index (χ3n) is 2.80. The molecule has 2 rings (SSSR count). The molecule has 0 radical (unpaired) electrons. The van der Waals surface area contributed by atoms with Gasteiger partial charge < -0.3 is 0 Å². The molecule has 0 spiro atoms. The summed E-state index contributed by atoms with van der Waals surface area (Å²) in [5.41, 5.74) is 2.02. The molecular formula is C13H16N2O2S. The maximum Gasteiger partial charge on any atom is 0.237 e. The Balaban J connectivity index is 2.47. The van der Waals surface area contributed by atoms with Gasteiger partial charge in [0.25, 0.3) is 0 Å². The molecule has 2 aromatic rings. The Kier molecular flexibility index (Phi) is 3.26. The molecule has 96 valence electrons. The van der Waals surface area contributed by atoms with Gasteiger partial charge in [-0.2, -0.15) is 0 Å². The van der Waals surface area contributed by atoms with Crippen LogP contribution in [0.1, 0.15) is 25.3 Å². The van der Waals surface area contributed by atoms with Crippen molar-refractivity contribution >= 4 is 10.0 Å². The quantitative estimate of drug-likeness (QED) is 0.855. The van der Waals surface area contributed by atoms with Crippen LogP contribution in [-0.2, 0) is 10.0 Å². The average Bonchev–Trinajstić information content (AvgIpc) is 2.77. The van der Waals surface area contributed by atoms with Crippen molar-refractivity contribution in [1.29, 1.82) is 0 Å². The monoisotopic (exact) mass is 264 g/mol. The van der Waals surface area contributed by atoms with E-state index in [1.54, 1.807) is 0 Å².